The predicted octanol–water partition coefficient (Wildman–Crippen LogP) is 2.29. The zero-order chi connectivity index (χ0) is 17.5. The highest BCUT2D eigenvalue weighted by Gasteiger charge is 2.54. The molecule has 0 spiro atoms. The second-order valence-electron chi connectivity index (χ2n) is 5.93. The van der Waals surface area contributed by atoms with Crippen LogP contribution in [0.15, 0.2) is 24.4 Å². The number of benzene rings is 1. The van der Waals surface area contributed by atoms with E-state index in [1.165, 1.54) is 16.8 Å². The third-order valence-corrected chi connectivity index (χ3v) is 4.38. The summed E-state index contributed by atoms with van der Waals surface area (Å²) in [5, 5.41) is 25.4. The number of aromatic nitrogens is 2. The van der Waals surface area contributed by atoms with Crippen LogP contribution in [-0.4, -0.2) is 49.6 Å². The number of nitro groups is 1. The van der Waals surface area contributed by atoms with Crippen molar-refractivity contribution in [2.75, 3.05) is 13.1 Å². The van der Waals surface area contributed by atoms with Crippen LogP contribution in [0.3, 0.4) is 0 Å². The highest BCUT2D eigenvalue weighted by molar-refractivity contribution is 5.80. The summed E-state index contributed by atoms with van der Waals surface area (Å²) in [7, 11) is 0. The first-order chi connectivity index (χ1) is 11.2. The molecule has 10 heteroatoms. The second-order valence-corrected chi connectivity index (χ2v) is 5.93. The van der Waals surface area contributed by atoms with Crippen molar-refractivity contribution in [1.29, 1.82) is 0 Å². The molecule has 2 heterocycles. The number of nitro benzene ring substituents is 1. The van der Waals surface area contributed by atoms with Gasteiger partial charge in [0.25, 0.3) is 5.69 Å². The molecule has 0 amide bonds. The Balaban J connectivity index is 1.75. The van der Waals surface area contributed by atoms with Gasteiger partial charge in [0.2, 0.25) is 0 Å². The molecule has 0 radical (unpaired) electrons. The van der Waals surface area contributed by atoms with Gasteiger partial charge in [0.1, 0.15) is 0 Å². The quantitative estimate of drug-likeness (QED) is 0.682. The molecule has 0 unspecified atom stereocenters. The first-order valence-electron chi connectivity index (χ1n) is 7.31. The molecule has 0 saturated carbocycles. The summed E-state index contributed by atoms with van der Waals surface area (Å²) in [6.45, 7) is 0.331. The number of non-ortho nitro benzene ring substituents is 1. The van der Waals surface area contributed by atoms with Crippen LogP contribution in [-0.2, 0) is 6.67 Å². The van der Waals surface area contributed by atoms with E-state index in [-0.39, 0.29) is 25.4 Å². The normalized spacial score (nSPS) is 18.8. The SMILES string of the molecule is O=[N+]([O-])c1ccc2cnn(CN3CCC(O)(C(F)(F)F)CC3)c2c1. The van der Waals surface area contributed by atoms with Crippen molar-refractivity contribution in [1.82, 2.24) is 14.7 Å². The number of fused-ring (bicyclic) bond motifs is 1. The third kappa shape index (κ3) is 2.94. The zero-order valence-electron chi connectivity index (χ0n) is 12.5. The van der Waals surface area contributed by atoms with Gasteiger partial charge in [0, 0.05) is 30.6 Å². The van der Waals surface area contributed by atoms with Crippen LogP contribution >= 0.6 is 0 Å². The summed E-state index contributed by atoms with van der Waals surface area (Å²) < 4.78 is 39.9. The maximum Gasteiger partial charge on any atom is 0.417 e. The molecular formula is C14H15F3N4O3. The van der Waals surface area contributed by atoms with Crippen molar-refractivity contribution in [3.63, 3.8) is 0 Å². The van der Waals surface area contributed by atoms with Crippen LogP contribution in [0.5, 0.6) is 0 Å². The number of rotatable bonds is 3. The van der Waals surface area contributed by atoms with Crippen LogP contribution in [0.25, 0.3) is 10.9 Å². The van der Waals surface area contributed by atoms with Gasteiger partial charge in [-0.2, -0.15) is 18.3 Å². The van der Waals surface area contributed by atoms with Crippen molar-refractivity contribution in [3.8, 4) is 0 Å². The van der Waals surface area contributed by atoms with E-state index in [2.05, 4.69) is 5.10 Å². The Bertz CT molecular complexity index is 766. The Hall–Kier alpha value is -2.20. The number of nitrogens with zero attached hydrogens (tertiary/aromatic N) is 4. The van der Waals surface area contributed by atoms with Crippen LogP contribution in [0.2, 0.25) is 0 Å². The van der Waals surface area contributed by atoms with Crippen LogP contribution in [0.1, 0.15) is 12.8 Å². The molecule has 2 aromatic rings. The van der Waals surface area contributed by atoms with Crippen LogP contribution < -0.4 is 0 Å². The van der Waals surface area contributed by atoms with Crippen molar-refractivity contribution in [3.05, 3.63) is 34.5 Å². The maximum absolute atomic E-state index is 12.8. The van der Waals surface area contributed by atoms with E-state index in [9.17, 15) is 28.4 Å². The van der Waals surface area contributed by atoms with Crippen LogP contribution in [0, 0.1) is 10.1 Å². The fraction of sp³-hybridized carbons (Fsp3) is 0.500. The number of piperidine rings is 1. The van der Waals surface area contributed by atoms with E-state index in [0.717, 1.165) is 0 Å². The molecule has 1 aliphatic rings. The first-order valence-corrected chi connectivity index (χ1v) is 7.31. The molecule has 0 aliphatic carbocycles. The van der Waals surface area contributed by atoms with Gasteiger partial charge in [-0.3, -0.25) is 19.7 Å². The molecule has 24 heavy (non-hydrogen) atoms. The lowest BCUT2D eigenvalue weighted by Crippen LogP contribution is -2.53. The van der Waals surface area contributed by atoms with Crippen molar-refractivity contribution >= 4 is 16.6 Å². The topological polar surface area (TPSA) is 84.4 Å². The van der Waals surface area contributed by atoms with Gasteiger partial charge in [-0.15, -0.1) is 0 Å². The molecule has 1 fully saturated rings. The minimum Gasteiger partial charge on any atom is -0.380 e. The highest BCUT2D eigenvalue weighted by Crippen LogP contribution is 2.38. The fourth-order valence-electron chi connectivity index (χ4n) is 2.82. The van der Waals surface area contributed by atoms with E-state index in [1.54, 1.807) is 17.2 Å². The molecule has 3 rings (SSSR count). The first kappa shape index (κ1) is 16.7. The number of likely N-dealkylation sites (tertiary alicyclic amines) is 1. The van der Waals surface area contributed by atoms with Gasteiger partial charge in [-0.1, -0.05) is 0 Å². The maximum atomic E-state index is 12.8. The lowest BCUT2D eigenvalue weighted by Gasteiger charge is -2.38. The molecule has 1 aliphatic heterocycles. The lowest BCUT2D eigenvalue weighted by molar-refractivity contribution is -0.384. The summed E-state index contributed by atoms with van der Waals surface area (Å²) in [5.41, 5.74) is -2.18. The van der Waals surface area contributed by atoms with Gasteiger partial charge in [0.05, 0.1) is 23.3 Å². The average molecular weight is 344 g/mol. The van der Waals surface area contributed by atoms with E-state index in [0.29, 0.717) is 10.9 Å². The van der Waals surface area contributed by atoms with Gasteiger partial charge in [-0.05, 0) is 18.9 Å². The summed E-state index contributed by atoms with van der Waals surface area (Å²) in [6.07, 6.45) is -3.90. The Morgan fingerprint density at radius 2 is 2.00 bits per heavy atom. The van der Waals surface area contributed by atoms with Crippen molar-refractivity contribution < 1.29 is 23.2 Å². The van der Waals surface area contributed by atoms with Gasteiger partial charge < -0.3 is 5.11 Å². The average Bonchev–Trinajstić information content (AvgIpc) is 2.91. The number of alkyl halides is 3. The van der Waals surface area contributed by atoms with E-state index in [1.807, 2.05) is 0 Å². The fourth-order valence-corrected chi connectivity index (χ4v) is 2.82. The summed E-state index contributed by atoms with van der Waals surface area (Å²) >= 11 is 0. The second kappa shape index (κ2) is 5.71. The van der Waals surface area contributed by atoms with Crippen molar-refractivity contribution in [2.24, 2.45) is 0 Å². The standard InChI is InChI=1S/C14H15F3N4O3/c15-14(16,17)13(22)3-5-19(6-4-13)9-20-12-7-11(21(23)24)2-1-10(12)8-18-20/h1-2,7-8,22H,3-6,9H2. The monoisotopic (exact) mass is 344 g/mol. The number of halogens is 3. The molecule has 0 atom stereocenters. The Morgan fingerprint density at radius 3 is 2.58 bits per heavy atom. The van der Waals surface area contributed by atoms with E-state index >= 15 is 0 Å². The number of aliphatic hydroxyl groups is 1. The van der Waals surface area contributed by atoms with Crippen LogP contribution in [0.4, 0.5) is 18.9 Å². The van der Waals surface area contributed by atoms with Gasteiger partial charge >= 0.3 is 6.18 Å². The van der Waals surface area contributed by atoms with Crippen molar-refractivity contribution in [2.45, 2.75) is 31.3 Å². The molecule has 1 aromatic carbocycles. The van der Waals surface area contributed by atoms with E-state index in [4.69, 9.17) is 0 Å². The molecule has 1 aromatic heterocycles. The Morgan fingerprint density at radius 1 is 1.33 bits per heavy atom. The molecular weight excluding hydrogens is 329 g/mol. The molecule has 1 saturated heterocycles. The number of hydrogen-bond acceptors (Lipinski definition) is 5. The zero-order valence-corrected chi connectivity index (χ0v) is 12.5. The predicted molar refractivity (Wildman–Crippen MR) is 78.2 cm³/mol. The molecule has 7 nitrogen and oxygen atoms in total. The number of hydrogen-bond donors (Lipinski definition) is 1. The summed E-state index contributed by atoms with van der Waals surface area (Å²) in [5.74, 6) is 0. The minimum atomic E-state index is -4.64. The molecule has 130 valence electrons. The summed E-state index contributed by atoms with van der Waals surface area (Å²) in [4.78, 5) is 12.1. The van der Waals surface area contributed by atoms with E-state index < -0.39 is 29.5 Å². The summed E-state index contributed by atoms with van der Waals surface area (Å²) in [6, 6.07) is 4.34. The lowest BCUT2D eigenvalue weighted by atomic mass is 9.91. The largest absolute Gasteiger partial charge is 0.417 e. The smallest absolute Gasteiger partial charge is 0.380 e. The Labute approximate surface area is 134 Å². The Kier molecular flexibility index (Phi) is 3.96. The molecule has 1 N–H and O–H groups in total. The molecule has 0 bridgehead atoms. The highest BCUT2D eigenvalue weighted by atomic mass is 19.4. The van der Waals surface area contributed by atoms with Gasteiger partial charge in [-0.25, -0.2) is 0 Å². The minimum absolute atomic E-state index is 0.0618. The van der Waals surface area contributed by atoms with Gasteiger partial charge in [0.15, 0.2) is 5.60 Å². The third-order valence-electron chi connectivity index (χ3n) is 4.38.